The summed E-state index contributed by atoms with van der Waals surface area (Å²) in [6.07, 6.45) is 6.72. The maximum Gasteiger partial charge on any atom is 0.0468 e. The fraction of sp³-hybridized carbons (Fsp3) is 0.889. The van der Waals surface area contributed by atoms with Gasteiger partial charge < -0.3 is 10.1 Å². The van der Waals surface area contributed by atoms with Crippen LogP contribution in [-0.2, 0) is 0 Å². The largest absolute Gasteiger partial charge is 0.411 e. The van der Waals surface area contributed by atoms with Gasteiger partial charge in [-0.1, -0.05) is 0 Å². The van der Waals surface area contributed by atoms with E-state index >= 15 is 0 Å². The monoisotopic (exact) mass is 168 g/mol. The zero-order valence-corrected chi connectivity index (χ0v) is 7.48. The first-order chi connectivity index (χ1) is 5.81. The molecule has 2 heterocycles. The minimum absolute atomic E-state index is 0.517. The van der Waals surface area contributed by atoms with Crippen molar-refractivity contribution < 1.29 is 5.21 Å². The fourth-order valence-electron chi connectivity index (χ4n) is 2.67. The molecule has 2 rings (SSSR count). The van der Waals surface area contributed by atoms with E-state index in [9.17, 15) is 0 Å². The van der Waals surface area contributed by atoms with Gasteiger partial charge in [0.15, 0.2) is 0 Å². The maximum atomic E-state index is 8.43. The first-order valence-corrected chi connectivity index (χ1v) is 4.70. The molecule has 2 saturated heterocycles. The number of nitrogens with zero attached hydrogens (tertiary/aromatic N) is 2. The lowest BCUT2D eigenvalue weighted by molar-refractivity contribution is 0.158. The van der Waals surface area contributed by atoms with Gasteiger partial charge in [-0.05, 0) is 32.7 Å². The van der Waals surface area contributed by atoms with Gasteiger partial charge in [-0.3, -0.25) is 0 Å². The third-order valence-corrected chi connectivity index (χ3v) is 3.41. The maximum absolute atomic E-state index is 8.43. The second-order valence-corrected chi connectivity index (χ2v) is 4.05. The highest BCUT2D eigenvalue weighted by atomic mass is 16.4. The van der Waals surface area contributed by atoms with Crippen LogP contribution in [-0.4, -0.2) is 35.5 Å². The van der Waals surface area contributed by atoms with Crippen molar-refractivity contribution >= 4 is 6.21 Å². The molecule has 0 radical (unpaired) electrons. The second kappa shape index (κ2) is 3.05. The van der Waals surface area contributed by atoms with Crippen LogP contribution < -0.4 is 0 Å². The Morgan fingerprint density at radius 1 is 1.33 bits per heavy atom. The van der Waals surface area contributed by atoms with E-state index in [-0.39, 0.29) is 0 Å². The summed E-state index contributed by atoms with van der Waals surface area (Å²) in [4.78, 5) is 2.49. The van der Waals surface area contributed by atoms with E-state index in [4.69, 9.17) is 5.21 Å². The highest BCUT2D eigenvalue weighted by molar-refractivity contribution is 5.60. The standard InChI is InChI=1S/C9H16N2O/c1-11-8-2-3-9(11)5-7(4-8)6-10-12/h6-9,12H,2-5H2,1H3. The molecule has 2 unspecified atom stereocenters. The van der Waals surface area contributed by atoms with Gasteiger partial charge in [0.2, 0.25) is 0 Å². The Kier molecular flexibility index (Phi) is 2.05. The first-order valence-electron chi connectivity index (χ1n) is 4.70. The quantitative estimate of drug-likeness (QED) is 0.364. The van der Waals surface area contributed by atoms with Gasteiger partial charge >= 0.3 is 0 Å². The zero-order chi connectivity index (χ0) is 8.55. The van der Waals surface area contributed by atoms with Gasteiger partial charge in [0.1, 0.15) is 0 Å². The zero-order valence-electron chi connectivity index (χ0n) is 7.48. The molecule has 2 bridgehead atoms. The van der Waals surface area contributed by atoms with E-state index in [1.807, 2.05) is 0 Å². The number of fused-ring (bicyclic) bond motifs is 2. The van der Waals surface area contributed by atoms with E-state index in [0.29, 0.717) is 5.92 Å². The van der Waals surface area contributed by atoms with Crippen LogP contribution in [0.3, 0.4) is 0 Å². The third-order valence-electron chi connectivity index (χ3n) is 3.41. The Hall–Kier alpha value is -0.570. The number of piperidine rings is 1. The molecule has 3 heteroatoms. The normalized spacial score (nSPS) is 42.6. The summed E-state index contributed by atoms with van der Waals surface area (Å²) in [5, 5.41) is 11.6. The van der Waals surface area contributed by atoms with Crippen molar-refractivity contribution in [3.63, 3.8) is 0 Å². The Morgan fingerprint density at radius 3 is 2.42 bits per heavy atom. The molecule has 2 aliphatic rings. The Labute approximate surface area is 73.1 Å². The van der Waals surface area contributed by atoms with Gasteiger partial charge in [0.05, 0.1) is 0 Å². The molecule has 0 aliphatic carbocycles. The van der Waals surface area contributed by atoms with Crippen LogP contribution in [0.5, 0.6) is 0 Å². The van der Waals surface area contributed by atoms with E-state index in [2.05, 4.69) is 17.1 Å². The molecule has 2 atom stereocenters. The molecule has 0 aromatic heterocycles. The predicted octanol–water partition coefficient (Wildman–Crippen LogP) is 1.32. The molecular formula is C9H16N2O. The summed E-state index contributed by atoms with van der Waals surface area (Å²) in [6, 6.07) is 1.48. The van der Waals surface area contributed by atoms with E-state index in [0.717, 1.165) is 12.1 Å². The minimum atomic E-state index is 0.517. The number of hydrogen-bond donors (Lipinski definition) is 1. The molecule has 12 heavy (non-hydrogen) atoms. The summed E-state index contributed by atoms with van der Waals surface area (Å²) >= 11 is 0. The van der Waals surface area contributed by atoms with Crippen molar-refractivity contribution in [2.45, 2.75) is 37.8 Å². The van der Waals surface area contributed by atoms with Crippen LogP contribution in [0.4, 0.5) is 0 Å². The molecule has 0 saturated carbocycles. The molecule has 0 amide bonds. The van der Waals surface area contributed by atoms with Gasteiger partial charge in [0.25, 0.3) is 0 Å². The van der Waals surface area contributed by atoms with Crippen LogP contribution in [0.15, 0.2) is 5.16 Å². The lowest BCUT2D eigenvalue weighted by atomic mass is 9.92. The van der Waals surface area contributed by atoms with Crippen LogP contribution in [0.2, 0.25) is 0 Å². The van der Waals surface area contributed by atoms with Crippen LogP contribution in [0.25, 0.3) is 0 Å². The predicted molar refractivity (Wildman–Crippen MR) is 47.6 cm³/mol. The SMILES string of the molecule is CN1C2CCC1CC(C=NO)C2. The number of hydrogen-bond acceptors (Lipinski definition) is 3. The Balaban J connectivity index is 2.02. The molecule has 0 aromatic rings. The topological polar surface area (TPSA) is 35.8 Å². The van der Waals surface area contributed by atoms with E-state index < -0.39 is 0 Å². The average molecular weight is 168 g/mol. The minimum Gasteiger partial charge on any atom is -0.411 e. The Bertz CT molecular complexity index is 179. The van der Waals surface area contributed by atoms with Crippen LogP contribution in [0.1, 0.15) is 25.7 Å². The third kappa shape index (κ3) is 1.22. The fourth-order valence-corrected chi connectivity index (χ4v) is 2.67. The lowest BCUT2D eigenvalue weighted by Gasteiger charge is -2.34. The molecule has 2 fully saturated rings. The summed E-state index contributed by atoms with van der Waals surface area (Å²) in [6.45, 7) is 0. The summed E-state index contributed by atoms with van der Waals surface area (Å²) in [5.74, 6) is 0.517. The summed E-state index contributed by atoms with van der Waals surface area (Å²) < 4.78 is 0. The van der Waals surface area contributed by atoms with Crippen LogP contribution in [0, 0.1) is 5.92 Å². The van der Waals surface area contributed by atoms with E-state index in [1.165, 1.54) is 25.7 Å². The van der Waals surface area contributed by atoms with Crippen molar-refractivity contribution in [3.05, 3.63) is 0 Å². The van der Waals surface area contributed by atoms with Crippen molar-refractivity contribution in [1.29, 1.82) is 0 Å². The average Bonchev–Trinajstić information content (AvgIpc) is 2.33. The molecule has 1 N–H and O–H groups in total. The van der Waals surface area contributed by atoms with E-state index in [1.54, 1.807) is 6.21 Å². The molecular weight excluding hydrogens is 152 g/mol. The second-order valence-electron chi connectivity index (χ2n) is 4.05. The van der Waals surface area contributed by atoms with Gasteiger partial charge in [0, 0.05) is 24.2 Å². The molecule has 0 spiro atoms. The van der Waals surface area contributed by atoms with Crippen molar-refractivity contribution in [2.24, 2.45) is 11.1 Å². The summed E-state index contributed by atoms with van der Waals surface area (Å²) in [5.41, 5.74) is 0. The van der Waals surface area contributed by atoms with Crippen molar-refractivity contribution in [2.75, 3.05) is 7.05 Å². The van der Waals surface area contributed by atoms with Crippen molar-refractivity contribution in [1.82, 2.24) is 4.90 Å². The smallest absolute Gasteiger partial charge is 0.0468 e. The molecule has 2 aliphatic heterocycles. The van der Waals surface area contributed by atoms with Gasteiger partial charge in [-0.25, -0.2) is 0 Å². The highest BCUT2D eigenvalue weighted by Gasteiger charge is 2.37. The van der Waals surface area contributed by atoms with Crippen molar-refractivity contribution in [3.8, 4) is 0 Å². The molecule has 0 aromatic carbocycles. The molecule has 3 nitrogen and oxygen atoms in total. The molecule has 68 valence electrons. The lowest BCUT2D eigenvalue weighted by Crippen LogP contribution is -2.40. The number of rotatable bonds is 1. The first kappa shape index (κ1) is 8.05. The summed E-state index contributed by atoms with van der Waals surface area (Å²) in [7, 11) is 2.22. The van der Waals surface area contributed by atoms with Gasteiger partial charge in [-0.2, -0.15) is 0 Å². The Morgan fingerprint density at radius 2 is 1.92 bits per heavy atom. The van der Waals surface area contributed by atoms with Gasteiger partial charge in [-0.15, -0.1) is 5.16 Å². The number of oxime groups is 1. The van der Waals surface area contributed by atoms with Crippen LogP contribution >= 0.6 is 0 Å². The highest BCUT2D eigenvalue weighted by Crippen LogP contribution is 2.36.